The normalized spacial score (nSPS) is 11.2. The van der Waals surface area contributed by atoms with Gasteiger partial charge in [-0.3, -0.25) is 0 Å². The van der Waals surface area contributed by atoms with E-state index in [2.05, 4.69) is 45.3 Å². The number of rotatable bonds is 6. The molecule has 0 radical (unpaired) electrons. The van der Waals surface area contributed by atoms with Crippen molar-refractivity contribution in [3.63, 3.8) is 0 Å². The minimum absolute atomic E-state index is 0.277. The van der Waals surface area contributed by atoms with E-state index in [9.17, 15) is 4.39 Å². The highest BCUT2D eigenvalue weighted by atomic mass is 79.9. The highest BCUT2D eigenvalue weighted by Crippen LogP contribution is 2.32. The molecule has 1 heterocycles. The summed E-state index contributed by atoms with van der Waals surface area (Å²) in [5, 5.41) is 13.4. The van der Waals surface area contributed by atoms with E-state index >= 15 is 0 Å². The van der Waals surface area contributed by atoms with Crippen molar-refractivity contribution in [3.8, 4) is 10.6 Å². The molecule has 6 heteroatoms. The molecule has 1 aromatic heterocycles. The Morgan fingerprint density at radius 1 is 1.35 bits per heavy atom. The van der Waals surface area contributed by atoms with Gasteiger partial charge in [-0.15, -0.1) is 10.2 Å². The third-order valence-electron chi connectivity index (χ3n) is 2.77. The molecule has 108 valence electrons. The summed E-state index contributed by atoms with van der Waals surface area (Å²) in [6.07, 6.45) is 1.92. The zero-order valence-electron chi connectivity index (χ0n) is 11.5. The Labute approximate surface area is 130 Å². The van der Waals surface area contributed by atoms with Gasteiger partial charge in [0.05, 0.1) is 4.47 Å². The van der Waals surface area contributed by atoms with Crippen molar-refractivity contribution in [1.29, 1.82) is 0 Å². The lowest BCUT2D eigenvalue weighted by molar-refractivity contribution is 0.569. The number of hydrogen-bond acceptors (Lipinski definition) is 4. The molecule has 0 saturated carbocycles. The van der Waals surface area contributed by atoms with E-state index < -0.39 is 0 Å². The number of nitrogens with one attached hydrogen (secondary N) is 1. The zero-order chi connectivity index (χ0) is 14.5. The Morgan fingerprint density at radius 2 is 2.15 bits per heavy atom. The first-order chi connectivity index (χ1) is 9.58. The minimum Gasteiger partial charge on any atom is -0.315 e. The molecular weight excluding hydrogens is 341 g/mol. The van der Waals surface area contributed by atoms with Crippen LogP contribution < -0.4 is 5.32 Å². The van der Waals surface area contributed by atoms with Crippen LogP contribution in [0, 0.1) is 5.82 Å². The molecule has 1 aromatic carbocycles. The quantitative estimate of drug-likeness (QED) is 0.792. The number of hydrogen-bond donors (Lipinski definition) is 1. The molecule has 0 spiro atoms. The zero-order valence-corrected chi connectivity index (χ0v) is 13.9. The molecule has 0 saturated heterocycles. The Balaban J connectivity index is 2.00. The fourth-order valence-electron chi connectivity index (χ4n) is 1.76. The molecule has 2 rings (SSSR count). The number of nitrogens with zero attached hydrogens (tertiary/aromatic N) is 2. The lowest BCUT2D eigenvalue weighted by atomic mass is 10.2. The molecule has 0 atom stereocenters. The van der Waals surface area contributed by atoms with Crippen LogP contribution in [0.4, 0.5) is 4.39 Å². The Morgan fingerprint density at radius 3 is 2.90 bits per heavy atom. The van der Waals surface area contributed by atoms with Crippen LogP contribution >= 0.6 is 27.3 Å². The smallest absolute Gasteiger partial charge is 0.149 e. The molecule has 3 nitrogen and oxygen atoms in total. The van der Waals surface area contributed by atoms with Crippen molar-refractivity contribution in [1.82, 2.24) is 15.5 Å². The van der Waals surface area contributed by atoms with Gasteiger partial charge in [-0.1, -0.05) is 37.3 Å². The lowest BCUT2D eigenvalue weighted by Gasteiger charge is -2.05. The largest absolute Gasteiger partial charge is 0.315 e. The summed E-state index contributed by atoms with van der Waals surface area (Å²) in [6.45, 7) is 5.23. The van der Waals surface area contributed by atoms with E-state index in [0.717, 1.165) is 35.0 Å². The van der Waals surface area contributed by atoms with Gasteiger partial charge < -0.3 is 5.32 Å². The van der Waals surface area contributed by atoms with Gasteiger partial charge in [0.25, 0.3) is 0 Å². The predicted octanol–water partition coefficient (Wildman–Crippen LogP) is 4.04. The van der Waals surface area contributed by atoms with E-state index in [1.807, 2.05) is 6.07 Å². The number of benzene rings is 1. The van der Waals surface area contributed by atoms with E-state index in [0.29, 0.717) is 10.5 Å². The van der Waals surface area contributed by atoms with E-state index in [4.69, 9.17) is 0 Å². The molecule has 0 aliphatic carbocycles. The van der Waals surface area contributed by atoms with Crippen LogP contribution in [-0.4, -0.2) is 22.8 Å². The minimum atomic E-state index is -0.277. The molecular formula is C14H17BrFN3S. The second kappa shape index (κ2) is 7.24. The summed E-state index contributed by atoms with van der Waals surface area (Å²) in [5.41, 5.74) is 0.758. The van der Waals surface area contributed by atoms with Crippen molar-refractivity contribution in [2.24, 2.45) is 0 Å². The van der Waals surface area contributed by atoms with Crippen molar-refractivity contribution >= 4 is 27.3 Å². The van der Waals surface area contributed by atoms with Crippen LogP contribution in [0.2, 0.25) is 0 Å². The first-order valence-corrected chi connectivity index (χ1v) is 8.19. The van der Waals surface area contributed by atoms with Gasteiger partial charge in [-0.2, -0.15) is 0 Å². The molecule has 0 unspecified atom stereocenters. The molecule has 2 aromatic rings. The molecule has 0 aliphatic rings. The van der Waals surface area contributed by atoms with Crippen molar-refractivity contribution < 1.29 is 4.39 Å². The summed E-state index contributed by atoms with van der Waals surface area (Å²) in [5.74, 6) is -0.277. The molecule has 1 N–H and O–H groups in total. The maximum absolute atomic E-state index is 13.5. The average molecular weight is 358 g/mol. The van der Waals surface area contributed by atoms with Gasteiger partial charge in [0.1, 0.15) is 15.8 Å². The van der Waals surface area contributed by atoms with Gasteiger partial charge in [0, 0.05) is 18.0 Å². The van der Waals surface area contributed by atoms with Crippen LogP contribution in [0.1, 0.15) is 25.3 Å². The Kier molecular flexibility index (Phi) is 5.63. The van der Waals surface area contributed by atoms with Gasteiger partial charge in [0.15, 0.2) is 0 Å². The Bertz CT molecular complexity index is 571. The fraction of sp³-hybridized carbons (Fsp3) is 0.429. The van der Waals surface area contributed by atoms with Crippen molar-refractivity contribution in [2.45, 2.75) is 32.7 Å². The molecule has 0 aliphatic heterocycles. The topological polar surface area (TPSA) is 37.8 Å². The number of aromatic nitrogens is 2. The van der Waals surface area contributed by atoms with Crippen LogP contribution in [0.15, 0.2) is 22.7 Å². The third-order valence-corrected chi connectivity index (χ3v) is 4.59. The second-order valence-corrected chi connectivity index (χ2v) is 6.67. The molecule has 20 heavy (non-hydrogen) atoms. The SMILES string of the molecule is CC(C)NCCCc1nnc(-c2cccc(F)c2Br)s1. The second-order valence-electron chi connectivity index (χ2n) is 4.81. The van der Waals surface area contributed by atoms with E-state index in [-0.39, 0.29) is 5.82 Å². The van der Waals surface area contributed by atoms with E-state index in [1.165, 1.54) is 17.4 Å². The number of aryl methyl sites for hydroxylation is 1. The summed E-state index contributed by atoms with van der Waals surface area (Å²) < 4.78 is 13.9. The first kappa shape index (κ1) is 15.5. The average Bonchev–Trinajstić information content (AvgIpc) is 2.86. The maximum atomic E-state index is 13.5. The van der Waals surface area contributed by atoms with Crippen molar-refractivity contribution in [3.05, 3.63) is 33.5 Å². The maximum Gasteiger partial charge on any atom is 0.149 e. The van der Waals surface area contributed by atoms with Crippen LogP contribution in [0.3, 0.4) is 0 Å². The van der Waals surface area contributed by atoms with Gasteiger partial charge in [0.2, 0.25) is 0 Å². The molecule has 0 amide bonds. The summed E-state index contributed by atoms with van der Waals surface area (Å²) in [4.78, 5) is 0. The first-order valence-electron chi connectivity index (χ1n) is 6.58. The van der Waals surface area contributed by atoms with Crippen LogP contribution in [0.5, 0.6) is 0 Å². The third kappa shape index (κ3) is 4.07. The van der Waals surface area contributed by atoms with Gasteiger partial charge >= 0.3 is 0 Å². The lowest BCUT2D eigenvalue weighted by Crippen LogP contribution is -2.23. The van der Waals surface area contributed by atoms with Crippen molar-refractivity contribution in [2.75, 3.05) is 6.54 Å². The summed E-state index contributed by atoms with van der Waals surface area (Å²) >= 11 is 4.78. The summed E-state index contributed by atoms with van der Waals surface area (Å²) in [6, 6.07) is 5.46. The Hall–Kier alpha value is -0.850. The molecule has 0 bridgehead atoms. The highest BCUT2D eigenvalue weighted by Gasteiger charge is 2.12. The van der Waals surface area contributed by atoms with Gasteiger partial charge in [-0.25, -0.2) is 4.39 Å². The van der Waals surface area contributed by atoms with Crippen LogP contribution in [0.25, 0.3) is 10.6 Å². The van der Waals surface area contributed by atoms with E-state index in [1.54, 1.807) is 6.07 Å². The highest BCUT2D eigenvalue weighted by molar-refractivity contribution is 9.10. The molecule has 0 fully saturated rings. The monoisotopic (exact) mass is 357 g/mol. The van der Waals surface area contributed by atoms with Crippen LogP contribution in [-0.2, 0) is 6.42 Å². The predicted molar refractivity (Wildman–Crippen MR) is 84.5 cm³/mol. The fourth-order valence-corrected chi connectivity index (χ4v) is 3.26. The van der Waals surface area contributed by atoms with Gasteiger partial charge in [-0.05, 0) is 35.0 Å². The number of halogens is 2. The summed E-state index contributed by atoms with van der Waals surface area (Å²) in [7, 11) is 0. The standard InChI is InChI=1S/C14H17BrFN3S/c1-9(2)17-8-4-7-12-18-19-14(20-12)10-5-3-6-11(16)13(10)15/h3,5-6,9,17H,4,7-8H2,1-2H3.